The molecule has 3 saturated heterocycles. The van der Waals surface area contributed by atoms with Crippen molar-refractivity contribution in [3.63, 3.8) is 0 Å². The van der Waals surface area contributed by atoms with E-state index in [4.69, 9.17) is 50.9 Å². The van der Waals surface area contributed by atoms with E-state index in [0.29, 0.717) is 47.1 Å². The Bertz CT molecular complexity index is 4650. The molecule has 6 aromatic rings. The Hall–Kier alpha value is -8.90. The van der Waals surface area contributed by atoms with Gasteiger partial charge in [0.15, 0.2) is 44.7 Å². The number of halogens is 16. The first kappa shape index (κ1) is 91.4. The number of thiazole rings is 3. The van der Waals surface area contributed by atoms with Crippen molar-refractivity contribution < 1.29 is 130 Å². The van der Waals surface area contributed by atoms with Gasteiger partial charge in [0.1, 0.15) is 61.5 Å². The van der Waals surface area contributed by atoms with Gasteiger partial charge < -0.3 is 59.7 Å². The molecule has 0 radical (unpaired) electrons. The molecule has 12 rings (SSSR count). The number of esters is 3. The minimum Gasteiger partial charge on any atom is -0.480 e. The van der Waals surface area contributed by atoms with Crippen molar-refractivity contribution in [2.45, 2.75) is 93.2 Å². The lowest BCUT2D eigenvalue weighted by Gasteiger charge is -2.43. The van der Waals surface area contributed by atoms with Crippen molar-refractivity contribution in [3.8, 4) is 0 Å². The van der Waals surface area contributed by atoms with E-state index in [1.807, 2.05) is 0 Å². The van der Waals surface area contributed by atoms with E-state index in [1.54, 1.807) is 36.2 Å². The number of carbonyl (C=O) groups is 6. The van der Waals surface area contributed by atoms with Crippen LogP contribution in [0.25, 0.3) is 0 Å². The molecule has 46 heteroatoms. The average Bonchev–Trinajstić information content (AvgIpc) is 1.03. The topological polar surface area (TPSA) is 340 Å². The molecule has 27 nitrogen and oxygen atoms in total. The molecule has 0 bridgehead atoms. The van der Waals surface area contributed by atoms with Crippen molar-refractivity contribution in [1.82, 2.24) is 45.6 Å². The number of ether oxygens (including phenoxy) is 6. The number of likely N-dealkylation sites (tertiary alicyclic amines) is 3. The van der Waals surface area contributed by atoms with Crippen molar-refractivity contribution in [3.05, 3.63) is 186 Å². The summed E-state index contributed by atoms with van der Waals surface area (Å²) in [6.07, 6.45) is -3.04. The Labute approximate surface area is 694 Å². The van der Waals surface area contributed by atoms with Crippen molar-refractivity contribution in [2.24, 2.45) is 15.0 Å². The summed E-state index contributed by atoms with van der Waals surface area (Å²) >= 11 is 16.5. The van der Waals surface area contributed by atoms with Gasteiger partial charge in [-0.15, -0.1) is 34.0 Å². The SMILES string of the molecule is CCOC(=O)C1=C(CN2CC(F)(F)C(OCC(=O)O)C(F)(F)C2)NC(c2nccs2)=N[C@H]1c1ccc(F)cc1Br.CCOC(=O)C1=C(CN2CC(F)(F)C(OCC(=O)O)C(F)(F)C2)NC(c2nccs2)=N[C@H]1c1ccc(F)cc1Cl.CCOC(=O)C1=C(CN2CCC(OCC(=O)O)C(F)(F)C2)NC(c2nccs2)=N[C@H]1c1ccc(F)cc1Br. The zero-order valence-corrected chi connectivity index (χ0v) is 67.9. The van der Waals surface area contributed by atoms with Gasteiger partial charge in [-0.25, -0.2) is 101 Å². The molecule has 4 atom stereocenters. The first-order valence-corrected chi connectivity index (χ1v) is 39.7. The van der Waals surface area contributed by atoms with Crippen LogP contribution < -0.4 is 16.0 Å². The van der Waals surface area contributed by atoms with Gasteiger partial charge in [-0.3, -0.25) is 29.7 Å². The van der Waals surface area contributed by atoms with Crippen LogP contribution in [0.5, 0.6) is 0 Å². The molecule has 636 valence electrons. The number of hydrogen-bond acceptors (Lipinski definition) is 27. The van der Waals surface area contributed by atoms with Crippen LogP contribution in [0.3, 0.4) is 0 Å². The number of aliphatic imine (C=N–C) groups is 3. The molecular weight excluding hydrogens is 1810 g/mol. The second-order valence-electron chi connectivity index (χ2n) is 26.3. The number of carboxylic acids is 3. The molecule has 3 fully saturated rings. The lowest BCUT2D eigenvalue weighted by molar-refractivity contribution is -0.268. The summed E-state index contributed by atoms with van der Waals surface area (Å²) in [4.78, 5) is 101. The number of piperidine rings is 3. The Kier molecular flexibility index (Phi) is 30.3. The maximum Gasteiger partial charge on any atom is 0.338 e. The minimum absolute atomic E-state index is 0.0450. The largest absolute Gasteiger partial charge is 0.480 e. The second-order valence-corrected chi connectivity index (χ2v) is 31.1. The fourth-order valence-corrected chi connectivity index (χ4v) is 16.3. The maximum absolute atomic E-state index is 14.9. The number of carboxylic acid groups (broad SMARTS) is 3. The Balaban J connectivity index is 0.000000186. The zero-order valence-electron chi connectivity index (χ0n) is 61.5. The molecule has 9 heterocycles. The summed E-state index contributed by atoms with van der Waals surface area (Å²) in [6.45, 7) is -5.58. The molecule has 1 unspecified atom stereocenters. The second kappa shape index (κ2) is 39.1. The lowest BCUT2D eigenvalue weighted by atomic mass is 9.94. The van der Waals surface area contributed by atoms with Gasteiger partial charge in [-0.1, -0.05) is 61.7 Å². The van der Waals surface area contributed by atoms with E-state index in [0.717, 1.165) is 40.5 Å². The number of benzene rings is 3. The third-order valence-corrected chi connectivity index (χ3v) is 21.8. The van der Waals surface area contributed by atoms with Crippen molar-refractivity contribution >= 4 is 131 Å². The zero-order chi connectivity index (χ0) is 85.9. The van der Waals surface area contributed by atoms with Gasteiger partial charge in [0, 0.05) is 97.5 Å². The number of aromatic nitrogens is 3. The molecule has 6 aliphatic heterocycles. The summed E-state index contributed by atoms with van der Waals surface area (Å²) < 4.78 is 220. The molecule has 0 saturated carbocycles. The van der Waals surface area contributed by atoms with E-state index in [-0.39, 0.29) is 94.2 Å². The maximum atomic E-state index is 14.9. The van der Waals surface area contributed by atoms with E-state index < -0.39 is 185 Å². The number of nitrogens with zero attached hydrogens (tertiary/aromatic N) is 9. The van der Waals surface area contributed by atoms with Crippen LogP contribution in [0, 0.1) is 17.5 Å². The monoisotopic (exact) mass is 1880 g/mol. The van der Waals surface area contributed by atoms with Gasteiger partial charge in [0.25, 0.3) is 29.6 Å². The molecule has 118 heavy (non-hydrogen) atoms. The fourth-order valence-electron chi connectivity index (χ4n) is 13.1. The number of nitrogens with one attached hydrogen (secondary N) is 3. The van der Waals surface area contributed by atoms with Gasteiger partial charge >= 0.3 is 35.8 Å². The lowest BCUT2D eigenvalue weighted by Crippen LogP contribution is -2.64. The highest BCUT2D eigenvalue weighted by atomic mass is 79.9. The Morgan fingerprint density at radius 3 is 1.09 bits per heavy atom. The van der Waals surface area contributed by atoms with E-state index in [1.165, 1.54) is 77.2 Å². The van der Waals surface area contributed by atoms with E-state index in [2.05, 4.69) is 82.2 Å². The van der Waals surface area contributed by atoms with Crippen LogP contribution in [-0.2, 0) is 57.2 Å². The first-order chi connectivity index (χ1) is 55.7. The van der Waals surface area contributed by atoms with Gasteiger partial charge in [-0.05, 0) is 74.7 Å². The molecule has 3 aromatic heterocycles. The fraction of sp³-hybridized carbons (Fsp3) is 0.417. The smallest absolute Gasteiger partial charge is 0.338 e. The number of rotatable bonds is 27. The minimum atomic E-state index is -4.15. The summed E-state index contributed by atoms with van der Waals surface area (Å²) in [5.41, 5.74) is 0.907. The van der Waals surface area contributed by atoms with E-state index in [9.17, 15) is 85.8 Å². The summed E-state index contributed by atoms with van der Waals surface area (Å²) in [7, 11) is 0. The van der Waals surface area contributed by atoms with Crippen LogP contribution in [-0.4, -0.2) is 245 Å². The standard InChI is InChI=1S/C24H22BrF5N4O5S.C24H24BrF3N4O5S.C24H22ClF5N4O5S/c1-2-38-21(37)17-15(8-34-10-23(27,28)22(24(29,30)11-34)39-9-16(35)36)32-19(20-31-5-6-40-20)33-18(17)13-4-3-12(26)7-14(13)25;1-2-36-23(35)19-16(10-32-7-5-17(24(27,28)12-32)37-11-18(33)34)30-21(22-29-6-8-38-22)31-20(19)14-4-3-13(26)9-15(14)25;1-2-38-21(37)17-15(8-34-10-23(27,28)22(24(29,30)11-34)39-9-16(35)36)32-19(20-31-5-6-40-20)33-18(17)13-4-3-12(26)7-14(13)25/h3-7,18,22H,2,8-11H2,1H3,(H,32,33)(H,35,36);3-4,6,8-9,17,20H,2,5,7,10-12H2,1H3,(H,30,31)(H,33,34);3-7,18,22H,2,8-11H2,1H3,(H,32,33)(H,35,36)/t18-;17?,20-;18-/m000/s1. The predicted molar refractivity (Wildman–Crippen MR) is 405 cm³/mol. The van der Waals surface area contributed by atoms with Gasteiger partial charge in [0.05, 0.1) is 69.3 Å². The highest BCUT2D eigenvalue weighted by molar-refractivity contribution is 9.10. The van der Waals surface area contributed by atoms with Crippen LogP contribution >= 0.6 is 77.5 Å². The molecular formula is C72H68Br2ClF13N12O15S3. The Morgan fingerprint density at radius 1 is 0.475 bits per heavy atom. The van der Waals surface area contributed by atoms with Gasteiger partial charge in [0.2, 0.25) is 0 Å². The Morgan fingerprint density at radius 2 is 0.788 bits per heavy atom. The van der Waals surface area contributed by atoms with Gasteiger partial charge in [-0.2, -0.15) is 0 Å². The van der Waals surface area contributed by atoms with Crippen LogP contribution in [0.2, 0.25) is 5.02 Å². The number of aliphatic carboxylic acids is 3. The molecule has 3 aromatic carbocycles. The first-order valence-electron chi connectivity index (χ1n) is 35.1. The normalized spacial score (nSPS) is 21.2. The molecule has 6 aliphatic rings. The molecule has 0 amide bonds. The molecule has 6 N–H and O–H groups in total. The quantitative estimate of drug-likeness (QED) is 0.0158. The van der Waals surface area contributed by atoms with Crippen LogP contribution in [0.4, 0.5) is 57.1 Å². The average molecular weight is 1880 g/mol. The summed E-state index contributed by atoms with van der Waals surface area (Å²) in [6, 6.07) is 7.76. The number of amidine groups is 3. The summed E-state index contributed by atoms with van der Waals surface area (Å²) in [5, 5.41) is 41.2. The number of alkyl halides is 10. The van der Waals surface area contributed by atoms with Crippen molar-refractivity contribution in [2.75, 3.05) is 98.5 Å². The summed E-state index contributed by atoms with van der Waals surface area (Å²) in [5.74, 6) is -28.2. The third-order valence-electron chi connectivity index (χ3n) is 17.7. The van der Waals surface area contributed by atoms with E-state index >= 15 is 0 Å². The predicted octanol–water partition coefficient (Wildman–Crippen LogP) is 11.7. The number of hydrogen-bond donors (Lipinski definition) is 6. The molecule has 0 aliphatic carbocycles. The van der Waals surface area contributed by atoms with Crippen molar-refractivity contribution in [1.29, 1.82) is 0 Å². The van der Waals surface area contributed by atoms with Crippen LogP contribution in [0.15, 0.2) is 147 Å². The molecule has 0 spiro atoms. The number of carbonyl (C=O) groups excluding carboxylic acids is 3. The highest BCUT2D eigenvalue weighted by Crippen LogP contribution is 2.46. The highest BCUT2D eigenvalue weighted by Gasteiger charge is 2.63. The third kappa shape index (κ3) is 22.6. The van der Waals surface area contributed by atoms with Crippen LogP contribution in [0.1, 0.15) is 77.0 Å².